The number of quaternary nitrogens is 1. The minimum Gasteiger partial charge on any atom is -0.744 e. The topological polar surface area (TPSA) is 57.2 Å². The van der Waals surface area contributed by atoms with E-state index < -0.39 is 10.1 Å². The smallest absolute Gasteiger partial charge is 0.124 e. The summed E-state index contributed by atoms with van der Waals surface area (Å²) in [6, 6.07) is 5.78. The molecule has 0 aliphatic carbocycles. The van der Waals surface area contributed by atoms with Crippen LogP contribution in [0.4, 0.5) is 0 Å². The van der Waals surface area contributed by atoms with Crippen molar-refractivity contribution in [3.8, 4) is 0 Å². The zero-order valence-electron chi connectivity index (χ0n) is 21.8. The average molecular weight is 504 g/mol. The molecule has 0 saturated heterocycles. The van der Waals surface area contributed by atoms with E-state index in [-0.39, 0.29) is 4.90 Å². The van der Waals surface area contributed by atoms with Crippen molar-refractivity contribution in [2.45, 2.75) is 110 Å². The van der Waals surface area contributed by atoms with Gasteiger partial charge < -0.3 is 9.04 Å². The van der Waals surface area contributed by atoms with Crippen molar-refractivity contribution < 1.29 is 17.5 Å². The number of hydrogen-bond acceptors (Lipinski definition) is 3. The lowest BCUT2D eigenvalue weighted by molar-refractivity contribution is -0.926. The molecule has 4 nitrogen and oxygen atoms in total. The molecule has 6 heteroatoms. The maximum Gasteiger partial charge on any atom is 0.124 e. The molecular formula is C27H50ClNO3S. The molecule has 0 N–H and O–H groups in total. The van der Waals surface area contributed by atoms with Crippen LogP contribution in [0.5, 0.6) is 0 Å². The number of halogens is 1. The van der Waals surface area contributed by atoms with Gasteiger partial charge in [-0.05, 0) is 57.6 Å². The Hall–Kier alpha value is -0.620. The van der Waals surface area contributed by atoms with Crippen molar-refractivity contribution in [1.82, 2.24) is 0 Å². The Morgan fingerprint density at radius 3 is 1.39 bits per heavy atom. The van der Waals surface area contributed by atoms with E-state index in [1.807, 2.05) is 6.92 Å². The molecule has 0 aliphatic rings. The molecule has 0 saturated carbocycles. The predicted molar refractivity (Wildman–Crippen MR) is 142 cm³/mol. The Morgan fingerprint density at radius 2 is 1.09 bits per heavy atom. The number of aryl methyl sites for hydroxylation is 1. The van der Waals surface area contributed by atoms with Gasteiger partial charge in [-0.2, -0.15) is 0 Å². The molecule has 0 unspecified atom stereocenters. The van der Waals surface area contributed by atoms with Gasteiger partial charge in [-0.1, -0.05) is 77.0 Å². The maximum atomic E-state index is 10.4. The van der Waals surface area contributed by atoms with Crippen LogP contribution in [0.3, 0.4) is 0 Å². The van der Waals surface area contributed by atoms with Crippen molar-refractivity contribution in [2.24, 2.45) is 0 Å². The molecule has 0 atom stereocenters. The first-order chi connectivity index (χ1) is 15.7. The number of benzene rings is 1. The van der Waals surface area contributed by atoms with Crippen LogP contribution in [0.15, 0.2) is 29.2 Å². The van der Waals surface area contributed by atoms with Crippen LogP contribution in [0.1, 0.15) is 103 Å². The Labute approximate surface area is 210 Å². The third kappa shape index (κ3) is 16.6. The van der Waals surface area contributed by atoms with Crippen molar-refractivity contribution in [1.29, 1.82) is 0 Å². The summed E-state index contributed by atoms with van der Waals surface area (Å²) in [5.74, 6) is 0.829. The van der Waals surface area contributed by atoms with Crippen molar-refractivity contribution in [3.05, 3.63) is 29.8 Å². The molecule has 1 aromatic rings. The van der Waals surface area contributed by atoms with Gasteiger partial charge in [0.05, 0.1) is 37.0 Å². The molecule has 0 bridgehead atoms. The van der Waals surface area contributed by atoms with Gasteiger partial charge in [0, 0.05) is 0 Å². The third-order valence-electron chi connectivity index (χ3n) is 6.33. The Balaban J connectivity index is 0.000000771. The standard InChI is InChI=1S/C20H43ClN.C7H8O3S/c1-4-7-10-13-17-22(20-16-21,18-14-11-8-5-2)19-15-12-9-6-3;1-6-2-4-7(5-3-6)11(8,9)10/h4-20H2,1-3H3;2-5H,1H3,(H,8,9,10)/q+1;/p-1. The van der Waals surface area contributed by atoms with Gasteiger partial charge in [0.2, 0.25) is 0 Å². The lowest BCUT2D eigenvalue weighted by atomic mass is 10.1. The summed E-state index contributed by atoms with van der Waals surface area (Å²) in [5.41, 5.74) is 0.928. The zero-order chi connectivity index (χ0) is 25.0. The highest BCUT2D eigenvalue weighted by atomic mass is 35.5. The number of hydrogen-bond donors (Lipinski definition) is 0. The van der Waals surface area contributed by atoms with Gasteiger partial charge in [0.25, 0.3) is 0 Å². The van der Waals surface area contributed by atoms with E-state index in [9.17, 15) is 13.0 Å². The summed E-state index contributed by atoms with van der Waals surface area (Å²) in [6.07, 6.45) is 16.6. The minimum absolute atomic E-state index is 0.178. The molecular weight excluding hydrogens is 454 g/mol. The quantitative estimate of drug-likeness (QED) is 0.0892. The SMILES string of the molecule is CCCCCC[N+](CCCl)(CCCCCC)CCCCCC.Cc1ccc(S(=O)(=O)[O-])cc1. The first-order valence-electron chi connectivity index (χ1n) is 13.2. The summed E-state index contributed by atoms with van der Waals surface area (Å²) in [4.78, 5) is -0.178. The normalized spacial score (nSPS) is 11.8. The van der Waals surface area contributed by atoms with Crippen molar-refractivity contribution in [2.75, 3.05) is 32.1 Å². The number of nitrogens with zero attached hydrogens (tertiary/aromatic N) is 1. The highest BCUT2D eigenvalue weighted by molar-refractivity contribution is 7.85. The van der Waals surface area contributed by atoms with Gasteiger partial charge in [0.15, 0.2) is 0 Å². The second kappa shape index (κ2) is 19.7. The van der Waals surface area contributed by atoms with Crippen molar-refractivity contribution in [3.63, 3.8) is 0 Å². The van der Waals surface area contributed by atoms with Crippen LogP contribution >= 0.6 is 11.6 Å². The fraction of sp³-hybridized carbons (Fsp3) is 0.778. The van der Waals surface area contributed by atoms with E-state index >= 15 is 0 Å². The first kappa shape index (κ1) is 32.4. The number of unbranched alkanes of at least 4 members (excludes halogenated alkanes) is 9. The van der Waals surface area contributed by atoms with Crippen LogP contribution in [0, 0.1) is 6.92 Å². The summed E-state index contributed by atoms with van der Waals surface area (Å²) < 4.78 is 32.5. The van der Waals surface area contributed by atoms with Crippen LogP contribution in [0.2, 0.25) is 0 Å². The van der Waals surface area contributed by atoms with Crippen LogP contribution < -0.4 is 0 Å². The van der Waals surface area contributed by atoms with Gasteiger partial charge in [-0.3, -0.25) is 0 Å². The molecule has 0 fully saturated rings. The molecule has 0 radical (unpaired) electrons. The largest absolute Gasteiger partial charge is 0.744 e. The first-order valence-corrected chi connectivity index (χ1v) is 15.1. The minimum atomic E-state index is -4.27. The third-order valence-corrected chi connectivity index (χ3v) is 7.35. The predicted octanol–water partition coefficient (Wildman–Crippen LogP) is 7.68. The highest BCUT2D eigenvalue weighted by Gasteiger charge is 2.25. The second-order valence-electron chi connectivity index (χ2n) is 9.37. The van der Waals surface area contributed by atoms with E-state index in [0.717, 1.165) is 11.4 Å². The molecule has 0 heterocycles. The summed E-state index contributed by atoms with van der Waals surface area (Å²) >= 11 is 6.19. The fourth-order valence-electron chi connectivity index (χ4n) is 4.18. The van der Waals surface area contributed by atoms with Gasteiger partial charge >= 0.3 is 0 Å². The molecule has 0 aromatic heterocycles. The number of alkyl halides is 1. The lowest BCUT2D eigenvalue weighted by Gasteiger charge is -2.39. The molecule has 1 aromatic carbocycles. The molecule has 0 amide bonds. The molecule has 0 aliphatic heterocycles. The Kier molecular flexibility index (Phi) is 19.3. The Bertz CT molecular complexity index is 646. The van der Waals surface area contributed by atoms with Gasteiger partial charge in [-0.15, -0.1) is 11.6 Å². The maximum absolute atomic E-state index is 10.4. The lowest BCUT2D eigenvalue weighted by Crippen LogP contribution is -2.51. The summed E-state index contributed by atoms with van der Waals surface area (Å²) in [6.45, 7) is 14.0. The molecule has 194 valence electrons. The van der Waals surface area contributed by atoms with Crippen LogP contribution in [0.25, 0.3) is 0 Å². The number of rotatable bonds is 18. The summed E-state index contributed by atoms with van der Waals surface area (Å²) in [5, 5.41) is 0. The molecule has 1 rings (SSSR count). The van der Waals surface area contributed by atoms with Gasteiger partial charge in [0.1, 0.15) is 10.1 Å². The highest BCUT2D eigenvalue weighted by Crippen LogP contribution is 2.17. The van der Waals surface area contributed by atoms with E-state index in [0.29, 0.717) is 0 Å². The second-order valence-corrected chi connectivity index (χ2v) is 11.1. The monoisotopic (exact) mass is 503 g/mol. The fourth-order valence-corrected chi connectivity index (χ4v) is 5.00. The van der Waals surface area contributed by atoms with E-state index in [1.54, 1.807) is 12.1 Å². The average Bonchev–Trinajstić information content (AvgIpc) is 2.78. The van der Waals surface area contributed by atoms with Gasteiger partial charge in [-0.25, -0.2) is 8.42 Å². The zero-order valence-corrected chi connectivity index (χ0v) is 23.4. The van der Waals surface area contributed by atoms with Crippen molar-refractivity contribution >= 4 is 21.7 Å². The van der Waals surface area contributed by atoms with E-state index in [4.69, 9.17) is 11.6 Å². The molecule has 33 heavy (non-hydrogen) atoms. The van der Waals surface area contributed by atoms with Crippen LogP contribution in [-0.2, 0) is 10.1 Å². The van der Waals surface area contributed by atoms with E-state index in [1.165, 1.54) is 120 Å². The Morgan fingerprint density at radius 1 is 0.697 bits per heavy atom. The van der Waals surface area contributed by atoms with Crippen LogP contribution in [-0.4, -0.2) is 49.5 Å². The summed E-state index contributed by atoms with van der Waals surface area (Å²) in [7, 11) is -4.27. The molecule has 0 spiro atoms. The van der Waals surface area contributed by atoms with E-state index in [2.05, 4.69) is 20.8 Å².